The van der Waals surface area contributed by atoms with Gasteiger partial charge in [0.25, 0.3) is 0 Å². The van der Waals surface area contributed by atoms with Crippen LogP contribution in [0.15, 0.2) is 33.7 Å². The zero-order valence-electron chi connectivity index (χ0n) is 12.4. The Morgan fingerprint density at radius 2 is 2.18 bits per heavy atom. The lowest BCUT2D eigenvalue weighted by molar-refractivity contribution is -0.122. The van der Waals surface area contributed by atoms with E-state index in [1.807, 2.05) is 18.2 Å². The monoisotopic (exact) mass is 383 g/mol. The van der Waals surface area contributed by atoms with Crippen molar-refractivity contribution < 1.29 is 9.59 Å². The third-order valence-corrected chi connectivity index (χ3v) is 4.71. The van der Waals surface area contributed by atoms with Crippen molar-refractivity contribution in [3.05, 3.63) is 28.7 Å². The Hall–Kier alpha value is -1.34. The van der Waals surface area contributed by atoms with Gasteiger partial charge in [-0.15, -0.1) is 0 Å². The fraction of sp³-hybridized carbons (Fsp3) is 0.400. The average Bonchev–Trinajstić information content (AvgIpc) is 2.79. The van der Waals surface area contributed by atoms with Crippen molar-refractivity contribution in [3.8, 4) is 0 Å². The maximum Gasteiger partial charge on any atom is 0.240 e. The van der Waals surface area contributed by atoms with E-state index in [-0.39, 0.29) is 18.2 Å². The molecule has 0 radical (unpaired) electrons. The number of nitrogens with one attached hydrogen (secondary N) is 2. The zero-order chi connectivity index (χ0) is 16.1. The molecule has 1 atom stereocenters. The second kappa shape index (κ2) is 7.78. The Balaban J connectivity index is 1.91. The summed E-state index contributed by atoms with van der Waals surface area (Å²) in [5, 5.41) is 5.71. The minimum absolute atomic E-state index is 0.124. The molecule has 0 aromatic heterocycles. The summed E-state index contributed by atoms with van der Waals surface area (Å²) in [6.45, 7) is 4.79. The maximum atomic E-state index is 12.1. The van der Waals surface area contributed by atoms with Crippen molar-refractivity contribution in [2.75, 3.05) is 11.9 Å². The topological polar surface area (TPSA) is 70.6 Å². The van der Waals surface area contributed by atoms with Crippen molar-refractivity contribution in [2.45, 2.75) is 25.5 Å². The largest absolute Gasteiger partial charge is 0.325 e. The molecule has 0 bridgehead atoms. The molecule has 22 heavy (non-hydrogen) atoms. The normalized spacial score (nSPS) is 19.5. The first-order valence-electron chi connectivity index (χ1n) is 7.02. The van der Waals surface area contributed by atoms with Crippen LogP contribution in [0.3, 0.4) is 0 Å². The molecule has 5 nitrogen and oxygen atoms in total. The van der Waals surface area contributed by atoms with Crippen LogP contribution < -0.4 is 10.6 Å². The number of amidine groups is 1. The standard InChI is InChI=1S/C15H18BrN3O2S/c1-9(2)8-17-15-19-14(21)12(22-15)7-13(20)18-11-6-4-3-5-10(11)16/h3-6,9,12H,7-8H2,1-2H3,(H,18,20)(H,17,19,21)/t12-/m0/s1. The molecule has 1 aromatic carbocycles. The van der Waals surface area contributed by atoms with Gasteiger partial charge in [0, 0.05) is 17.4 Å². The molecular formula is C15H18BrN3O2S. The number of nitrogens with zero attached hydrogens (tertiary/aromatic N) is 1. The number of hydrogen-bond acceptors (Lipinski definition) is 4. The smallest absolute Gasteiger partial charge is 0.240 e. The number of hydrogen-bond donors (Lipinski definition) is 2. The molecule has 0 saturated carbocycles. The second-order valence-corrected chi connectivity index (χ2v) is 7.41. The van der Waals surface area contributed by atoms with E-state index in [2.05, 4.69) is 45.4 Å². The van der Waals surface area contributed by atoms with E-state index in [9.17, 15) is 9.59 Å². The van der Waals surface area contributed by atoms with Gasteiger partial charge in [0.1, 0.15) is 5.25 Å². The van der Waals surface area contributed by atoms with Gasteiger partial charge in [0.2, 0.25) is 11.8 Å². The van der Waals surface area contributed by atoms with Gasteiger partial charge in [-0.05, 0) is 34.0 Å². The number of para-hydroxylation sites is 1. The molecule has 1 fully saturated rings. The van der Waals surface area contributed by atoms with E-state index in [4.69, 9.17) is 0 Å². The fourth-order valence-corrected chi connectivity index (χ4v) is 3.18. The Kier molecular flexibility index (Phi) is 6.02. The molecule has 1 aliphatic heterocycles. The van der Waals surface area contributed by atoms with Crippen molar-refractivity contribution in [1.82, 2.24) is 5.32 Å². The van der Waals surface area contributed by atoms with Gasteiger partial charge in [0.05, 0.1) is 5.69 Å². The molecule has 2 N–H and O–H groups in total. The zero-order valence-corrected chi connectivity index (χ0v) is 14.8. The van der Waals surface area contributed by atoms with Gasteiger partial charge in [-0.3, -0.25) is 14.6 Å². The van der Waals surface area contributed by atoms with E-state index < -0.39 is 5.25 Å². The second-order valence-electron chi connectivity index (χ2n) is 5.37. The van der Waals surface area contributed by atoms with Crippen LogP contribution in [-0.2, 0) is 9.59 Å². The van der Waals surface area contributed by atoms with Crippen LogP contribution in [0.5, 0.6) is 0 Å². The summed E-state index contributed by atoms with van der Waals surface area (Å²) in [5.41, 5.74) is 0.699. The summed E-state index contributed by atoms with van der Waals surface area (Å²) >= 11 is 4.70. The van der Waals surface area contributed by atoms with E-state index >= 15 is 0 Å². The van der Waals surface area contributed by atoms with Crippen LogP contribution in [0.1, 0.15) is 20.3 Å². The number of halogens is 1. The Labute approximate surface area is 142 Å². The third-order valence-electron chi connectivity index (χ3n) is 2.90. The number of benzene rings is 1. The number of rotatable bonds is 5. The Morgan fingerprint density at radius 1 is 1.45 bits per heavy atom. The highest BCUT2D eigenvalue weighted by Gasteiger charge is 2.32. The Bertz CT molecular complexity index is 604. The molecule has 1 aromatic rings. The van der Waals surface area contributed by atoms with E-state index in [0.29, 0.717) is 23.3 Å². The molecule has 0 unspecified atom stereocenters. The highest BCUT2D eigenvalue weighted by atomic mass is 79.9. The molecule has 1 aliphatic rings. The molecular weight excluding hydrogens is 366 g/mol. The minimum Gasteiger partial charge on any atom is -0.325 e. The first-order chi connectivity index (χ1) is 10.5. The van der Waals surface area contributed by atoms with Crippen LogP contribution in [-0.4, -0.2) is 28.8 Å². The molecule has 0 aliphatic carbocycles. The molecule has 1 heterocycles. The van der Waals surface area contributed by atoms with Crippen LogP contribution in [0.25, 0.3) is 0 Å². The van der Waals surface area contributed by atoms with Crippen LogP contribution >= 0.6 is 27.7 Å². The van der Waals surface area contributed by atoms with E-state index in [0.717, 1.165) is 4.47 Å². The maximum absolute atomic E-state index is 12.1. The first kappa shape index (κ1) is 17.0. The van der Waals surface area contributed by atoms with E-state index in [1.54, 1.807) is 6.07 Å². The molecule has 1 saturated heterocycles. The first-order valence-corrected chi connectivity index (χ1v) is 8.69. The average molecular weight is 384 g/mol. The van der Waals surface area contributed by atoms with Gasteiger partial charge in [-0.1, -0.05) is 37.7 Å². The van der Waals surface area contributed by atoms with Gasteiger partial charge in [-0.25, -0.2) is 0 Å². The molecule has 7 heteroatoms. The summed E-state index contributed by atoms with van der Waals surface area (Å²) in [6.07, 6.45) is 0.124. The van der Waals surface area contributed by atoms with Gasteiger partial charge >= 0.3 is 0 Å². The third kappa shape index (κ3) is 4.84. The summed E-state index contributed by atoms with van der Waals surface area (Å²) in [5.74, 6) is 0.0854. The van der Waals surface area contributed by atoms with Crippen molar-refractivity contribution in [1.29, 1.82) is 0 Å². The number of aliphatic imine (C=N–C) groups is 1. The summed E-state index contributed by atoms with van der Waals surface area (Å²) in [7, 11) is 0. The molecule has 2 rings (SSSR count). The van der Waals surface area contributed by atoms with Crippen LogP contribution in [0, 0.1) is 5.92 Å². The quantitative estimate of drug-likeness (QED) is 0.820. The fourth-order valence-electron chi connectivity index (χ4n) is 1.81. The highest BCUT2D eigenvalue weighted by Crippen LogP contribution is 2.25. The molecule has 118 valence electrons. The van der Waals surface area contributed by atoms with Crippen molar-refractivity contribution in [2.24, 2.45) is 10.9 Å². The number of carbonyl (C=O) groups excluding carboxylic acids is 2. The van der Waals surface area contributed by atoms with Crippen LogP contribution in [0.4, 0.5) is 5.69 Å². The SMILES string of the molecule is CC(C)CN=C1NC(=O)[C@H](CC(=O)Nc2ccccc2Br)S1. The summed E-state index contributed by atoms with van der Waals surface area (Å²) in [4.78, 5) is 28.3. The lowest BCUT2D eigenvalue weighted by Crippen LogP contribution is -2.28. The number of carbonyl (C=O) groups is 2. The number of thioether (sulfide) groups is 1. The summed E-state index contributed by atoms with van der Waals surface area (Å²) in [6, 6.07) is 7.37. The van der Waals surface area contributed by atoms with Gasteiger partial charge < -0.3 is 10.6 Å². The van der Waals surface area contributed by atoms with Crippen LogP contribution in [0.2, 0.25) is 0 Å². The number of amides is 2. The predicted molar refractivity (Wildman–Crippen MR) is 94.1 cm³/mol. The number of anilines is 1. The minimum atomic E-state index is -0.423. The highest BCUT2D eigenvalue weighted by molar-refractivity contribution is 9.10. The van der Waals surface area contributed by atoms with Gasteiger partial charge in [-0.2, -0.15) is 0 Å². The molecule has 2 amide bonds. The lowest BCUT2D eigenvalue weighted by Gasteiger charge is -2.08. The van der Waals surface area contributed by atoms with Gasteiger partial charge in [0.15, 0.2) is 5.17 Å². The molecule has 0 spiro atoms. The lowest BCUT2D eigenvalue weighted by atomic mass is 10.2. The Morgan fingerprint density at radius 3 is 2.86 bits per heavy atom. The van der Waals surface area contributed by atoms with E-state index in [1.165, 1.54) is 11.8 Å². The summed E-state index contributed by atoms with van der Waals surface area (Å²) < 4.78 is 0.811. The van der Waals surface area contributed by atoms with Crippen molar-refractivity contribution >= 4 is 50.4 Å². The van der Waals surface area contributed by atoms with Crippen molar-refractivity contribution in [3.63, 3.8) is 0 Å². The predicted octanol–water partition coefficient (Wildman–Crippen LogP) is 3.02.